The molecule has 0 bridgehead atoms. The van der Waals surface area contributed by atoms with Crippen molar-refractivity contribution >= 4 is 29.4 Å². The van der Waals surface area contributed by atoms with E-state index in [9.17, 15) is 4.79 Å². The van der Waals surface area contributed by atoms with Crippen molar-refractivity contribution in [3.63, 3.8) is 0 Å². The van der Waals surface area contributed by atoms with Crippen molar-refractivity contribution in [1.29, 1.82) is 0 Å². The molecule has 2 aromatic heterocycles. The maximum absolute atomic E-state index is 12.3. The van der Waals surface area contributed by atoms with Crippen molar-refractivity contribution in [2.24, 2.45) is 0 Å². The fraction of sp³-hybridized carbons (Fsp3) is 0.391. The first-order valence-electron chi connectivity index (χ1n) is 11.1. The molecule has 0 unspecified atom stereocenters. The van der Waals surface area contributed by atoms with E-state index in [0.29, 0.717) is 44.0 Å². The van der Waals surface area contributed by atoms with Crippen LogP contribution in [0.25, 0.3) is 11.3 Å². The number of amides is 1. The summed E-state index contributed by atoms with van der Waals surface area (Å²) >= 11 is 0. The van der Waals surface area contributed by atoms with Crippen molar-refractivity contribution in [1.82, 2.24) is 20.3 Å². The van der Waals surface area contributed by atoms with Gasteiger partial charge in [0.2, 0.25) is 11.9 Å². The number of ether oxygens (including phenoxy) is 1. The predicted molar refractivity (Wildman–Crippen MR) is 125 cm³/mol. The zero-order chi connectivity index (χ0) is 22.8. The Morgan fingerprint density at radius 1 is 1.12 bits per heavy atom. The van der Waals surface area contributed by atoms with Gasteiger partial charge in [-0.05, 0) is 32.0 Å². The SMILES string of the molecule is CC1(C)C(=O)NCCN1c1ncc(-c2cccc(Nc3nccc(N4CCOCC4)n3)c2)o1. The molecule has 10 nitrogen and oxygen atoms in total. The molecular weight excluding hydrogens is 422 g/mol. The number of morpholine rings is 1. The van der Waals surface area contributed by atoms with Crippen LogP contribution in [0.15, 0.2) is 47.1 Å². The van der Waals surface area contributed by atoms with E-state index < -0.39 is 5.54 Å². The second kappa shape index (κ2) is 8.70. The summed E-state index contributed by atoms with van der Waals surface area (Å²) in [7, 11) is 0. The average Bonchev–Trinajstić information content (AvgIpc) is 3.32. The van der Waals surface area contributed by atoms with E-state index in [1.165, 1.54) is 0 Å². The molecule has 4 heterocycles. The van der Waals surface area contributed by atoms with Gasteiger partial charge >= 0.3 is 0 Å². The van der Waals surface area contributed by atoms with Gasteiger partial charge in [0.15, 0.2) is 5.76 Å². The van der Waals surface area contributed by atoms with Crippen LogP contribution >= 0.6 is 0 Å². The number of rotatable bonds is 5. The quantitative estimate of drug-likeness (QED) is 0.607. The van der Waals surface area contributed by atoms with E-state index in [2.05, 4.69) is 30.5 Å². The number of anilines is 4. The molecule has 0 atom stereocenters. The molecule has 5 rings (SSSR count). The van der Waals surface area contributed by atoms with Gasteiger partial charge in [0, 0.05) is 43.6 Å². The van der Waals surface area contributed by atoms with Crippen LogP contribution in [0.4, 0.5) is 23.5 Å². The first kappa shape index (κ1) is 21.2. The maximum atomic E-state index is 12.3. The summed E-state index contributed by atoms with van der Waals surface area (Å²) < 4.78 is 11.5. The number of benzene rings is 1. The van der Waals surface area contributed by atoms with Crippen LogP contribution in [0.1, 0.15) is 13.8 Å². The minimum atomic E-state index is -0.730. The first-order chi connectivity index (χ1) is 16.0. The molecule has 1 aromatic carbocycles. The molecule has 3 aromatic rings. The summed E-state index contributed by atoms with van der Waals surface area (Å²) in [6.07, 6.45) is 3.44. The van der Waals surface area contributed by atoms with Gasteiger partial charge in [-0.15, -0.1) is 0 Å². The lowest BCUT2D eigenvalue weighted by atomic mass is 10.00. The lowest BCUT2D eigenvalue weighted by molar-refractivity contribution is -0.126. The molecule has 10 heteroatoms. The Balaban J connectivity index is 1.34. The molecule has 33 heavy (non-hydrogen) atoms. The Bertz CT molecular complexity index is 1140. The summed E-state index contributed by atoms with van der Waals surface area (Å²) in [6.45, 7) is 7.95. The van der Waals surface area contributed by atoms with Crippen molar-refractivity contribution in [3.8, 4) is 11.3 Å². The third kappa shape index (κ3) is 4.34. The van der Waals surface area contributed by atoms with Gasteiger partial charge in [-0.2, -0.15) is 4.98 Å². The van der Waals surface area contributed by atoms with E-state index >= 15 is 0 Å². The maximum Gasteiger partial charge on any atom is 0.298 e. The number of hydrogen-bond donors (Lipinski definition) is 2. The molecule has 2 aliphatic heterocycles. The van der Waals surface area contributed by atoms with Crippen molar-refractivity contribution in [2.45, 2.75) is 19.4 Å². The monoisotopic (exact) mass is 449 g/mol. The van der Waals surface area contributed by atoms with E-state index in [0.717, 1.165) is 30.2 Å². The van der Waals surface area contributed by atoms with Gasteiger partial charge in [-0.25, -0.2) is 9.97 Å². The van der Waals surface area contributed by atoms with Gasteiger partial charge < -0.3 is 29.6 Å². The minimum Gasteiger partial charge on any atom is -0.423 e. The Hall–Kier alpha value is -3.66. The van der Waals surface area contributed by atoms with E-state index in [1.54, 1.807) is 12.4 Å². The van der Waals surface area contributed by atoms with Crippen LogP contribution < -0.4 is 20.4 Å². The van der Waals surface area contributed by atoms with Gasteiger partial charge in [0.25, 0.3) is 6.01 Å². The van der Waals surface area contributed by atoms with Gasteiger partial charge in [0.05, 0.1) is 19.4 Å². The van der Waals surface area contributed by atoms with Crippen molar-refractivity contribution in [3.05, 3.63) is 42.7 Å². The number of hydrogen-bond acceptors (Lipinski definition) is 9. The van der Waals surface area contributed by atoms with Crippen LogP contribution in [-0.4, -0.2) is 65.8 Å². The number of aromatic nitrogens is 3. The molecular formula is C23H27N7O3. The van der Waals surface area contributed by atoms with E-state index in [1.807, 2.05) is 49.1 Å². The summed E-state index contributed by atoms with van der Waals surface area (Å²) in [6, 6.07) is 10.1. The predicted octanol–water partition coefficient (Wildman–Crippen LogP) is 2.43. The largest absolute Gasteiger partial charge is 0.423 e. The smallest absolute Gasteiger partial charge is 0.298 e. The molecule has 1 amide bonds. The number of nitrogens with one attached hydrogen (secondary N) is 2. The average molecular weight is 450 g/mol. The fourth-order valence-electron chi connectivity index (χ4n) is 4.01. The molecule has 0 aliphatic carbocycles. The Morgan fingerprint density at radius 3 is 2.82 bits per heavy atom. The summed E-state index contributed by atoms with van der Waals surface area (Å²) in [5.41, 5.74) is 0.969. The molecule has 2 fully saturated rings. The van der Waals surface area contributed by atoms with Crippen molar-refractivity contribution < 1.29 is 13.9 Å². The number of oxazole rings is 1. The highest BCUT2D eigenvalue weighted by Crippen LogP contribution is 2.31. The van der Waals surface area contributed by atoms with Gasteiger partial charge in [0.1, 0.15) is 11.4 Å². The Kier molecular flexibility index (Phi) is 5.59. The number of piperazine rings is 1. The third-order valence-corrected chi connectivity index (χ3v) is 5.96. The topological polar surface area (TPSA) is 109 Å². The lowest BCUT2D eigenvalue weighted by Crippen LogP contribution is -2.62. The summed E-state index contributed by atoms with van der Waals surface area (Å²) in [5.74, 6) is 1.98. The van der Waals surface area contributed by atoms with E-state index in [-0.39, 0.29) is 5.91 Å². The Morgan fingerprint density at radius 2 is 1.97 bits per heavy atom. The van der Waals surface area contributed by atoms with Crippen LogP contribution in [-0.2, 0) is 9.53 Å². The molecule has 2 N–H and O–H groups in total. The normalized spacial score (nSPS) is 18.2. The van der Waals surface area contributed by atoms with Crippen LogP contribution in [0.2, 0.25) is 0 Å². The fourth-order valence-corrected chi connectivity index (χ4v) is 4.01. The molecule has 0 radical (unpaired) electrons. The highest BCUT2D eigenvalue weighted by Gasteiger charge is 2.40. The van der Waals surface area contributed by atoms with Gasteiger partial charge in [-0.3, -0.25) is 4.79 Å². The van der Waals surface area contributed by atoms with E-state index in [4.69, 9.17) is 9.15 Å². The highest BCUT2D eigenvalue weighted by molar-refractivity contribution is 5.89. The Labute approximate surface area is 192 Å². The second-order valence-electron chi connectivity index (χ2n) is 8.52. The van der Waals surface area contributed by atoms with Crippen molar-refractivity contribution in [2.75, 3.05) is 54.5 Å². The summed E-state index contributed by atoms with van der Waals surface area (Å²) in [5, 5.41) is 6.16. The standard InChI is InChI=1S/C23H27N7O3/c1-23(2)20(31)24-8-9-30(23)22-26-15-18(33-22)16-4-3-5-17(14-16)27-21-25-7-6-19(28-21)29-10-12-32-13-11-29/h3-7,14-15H,8-13H2,1-2H3,(H,24,31)(H,25,27,28). The lowest BCUT2D eigenvalue weighted by Gasteiger charge is -2.40. The second-order valence-corrected chi connectivity index (χ2v) is 8.52. The van der Waals surface area contributed by atoms with Crippen LogP contribution in [0.5, 0.6) is 0 Å². The zero-order valence-corrected chi connectivity index (χ0v) is 18.7. The highest BCUT2D eigenvalue weighted by atomic mass is 16.5. The molecule has 172 valence electrons. The summed E-state index contributed by atoms with van der Waals surface area (Å²) in [4.78, 5) is 29.8. The number of nitrogens with zero attached hydrogens (tertiary/aromatic N) is 5. The minimum absolute atomic E-state index is 0.0426. The third-order valence-electron chi connectivity index (χ3n) is 5.96. The zero-order valence-electron chi connectivity index (χ0n) is 18.7. The van der Waals surface area contributed by atoms with Gasteiger partial charge in [-0.1, -0.05) is 12.1 Å². The van der Waals surface area contributed by atoms with Crippen LogP contribution in [0.3, 0.4) is 0 Å². The van der Waals surface area contributed by atoms with Crippen LogP contribution in [0, 0.1) is 0 Å². The number of carbonyl (C=O) groups is 1. The molecule has 2 aliphatic rings. The molecule has 2 saturated heterocycles. The molecule has 0 saturated carbocycles. The number of carbonyl (C=O) groups excluding carboxylic acids is 1. The first-order valence-corrected chi connectivity index (χ1v) is 11.1. The molecule has 0 spiro atoms.